The average molecular weight is 305 g/mol. The molecular weight excluding hydrogens is 278 g/mol. The third-order valence-corrected chi connectivity index (χ3v) is 4.36. The van der Waals surface area contributed by atoms with Crippen LogP contribution < -0.4 is 21.1 Å². The molecule has 6 heteroatoms. The first-order valence-corrected chi connectivity index (χ1v) is 8.23. The summed E-state index contributed by atoms with van der Waals surface area (Å²) in [5.74, 6) is 0.892. The van der Waals surface area contributed by atoms with Crippen LogP contribution in [-0.4, -0.2) is 68.5 Å². The number of ether oxygens (including phenoxy) is 1. The summed E-state index contributed by atoms with van der Waals surface area (Å²) in [6, 6.07) is 7.60. The number of nitrogen functional groups attached to an aromatic ring is 1. The van der Waals surface area contributed by atoms with Crippen LogP contribution in [0.15, 0.2) is 24.3 Å². The van der Waals surface area contributed by atoms with E-state index in [2.05, 4.69) is 20.4 Å². The van der Waals surface area contributed by atoms with Crippen molar-refractivity contribution in [3.63, 3.8) is 0 Å². The van der Waals surface area contributed by atoms with E-state index < -0.39 is 0 Å². The SMILES string of the molecule is Nc1ccc(OCCN2CCN(C3NCCCN3)CC2)cc1. The van der Waals surface area contributed by atoms with Crippen LogP contribution in [0.3, 0.4) is 0 Å². The van der Waals surface area contributed by atoms with Crippen molar-refractivity contribution in [1.82, 2.24) is 20.4 Å². The lowest BCUT2D eigenvalue weighted by atomic mass is 10.3. The maximum absolute atomic E-state index is 5.77. The van der Waals surface area contributed by atoms with Gasteiger partial charge in [0.2, 0.25) is 0 Å². The van der Waals surface area contributed by atoms with Crippen molar-refractivity contribution in [2.24, 2.45) is 0 Å². The minimum Gasteiger partial charge on any atom is -0.492 e. The molecule has 0 spiro atoms. The number of benzene rings is 1. The van der Waals surface area contributed by atoms with Gasteiger partial charge in [-0.1, -0.05) is 0 Å². The molecule has 2 fully saturated rings. The van der Waals surface area contributed by atoms with Gasteiger partial charge in [0.25, 0.3) is 0 Å². The number of anilines is 1. The molecule has 2 aliphatic heterocycles. The van der Waals surface area contributed by atoms with Crippen LogP contribution in [0.2, 0.25) is 0 Å². The topological polar surface area (TPSA) is 65.8 Å². The van der Waals surface area contributed by atoms with Crippen molar-refractivity contribution in [2.75, 3.05) is 58.2 Å². The monoisotopic (exact) mass is 305 g/mol. The zero-order valence-corrected chi connectivity index (χ0v) is 13.1. The van der Waals surface area contributed by atoms with E-state index in [1.165, 1.54) is 6.42 Å². The lowest BCUT2D eigenvalue weighted by Gasteiger charge is -2.41. The molecule has 2 aliphatic rings. The van der Waals surface area contributed by atoms with Gasteiger partial charge in [0.05, 0.1) is 0 Å². The van der Waals surface area contributed by atoms with Crippen LogP contribution in [0.1, 0.15) is 6.42 Å². The van der Waals surface area contributed by atoms with Crippen LogP contribution in [0.5, 0.6) is 5.75 Å². The number of hydrogen-bond acceptors (Lipinski definition) is 6. The van der Waals surface area contributed by atoms with Gasteiger partial charge in [0.15, 0.2) is 0 Å². The average Bonchev–Trinajstić information content (AvgIpc) is 2.58. The molecule has 0 radical (unpaired) electrons. The van der Waals surface area contributed by atoms with Crippen LogP contribution in [-0.2, 0) is 0 Å². The Kier molecular flexibility index (Phi) is 5.50. The van der Waals surface area contributed by atoms with E-state index in [9.17, 15) is 0 Å². The Bertz CT molecular complexity index is 438. The highest BCUT2D eigenvalue weighted by Crippen LogP contribution is 2.13. The second-order valence-electron chi connectivity index (χ2n) is 5.96. The second kappa shape index (κ2) is 7.78. The Morgan fingerprint density at radius 1 is 1.05 bits per heavy atom. The molecule has 0 bridgehead atoms. The van der Waals surface area contributed by atoms with E-state index in [1.54, 1.807) is 0 Å². The minimum absolute atomic E-state index is 0.363. The van der Waals surface area contributed by atoms with Crippen LogP contribution in [0.4, 0.5) is 5.69 Å². The third-order valence-electron chi connectivity index (χ3n) is 4.36. The highest BCUT2D eigenvalue weighted by Gasteiger charge is 2.24. The van der Waals surface area contributed by atoms with Gasteiger partial charge in [-0.3, -0.25) is 20.4 Å². The summed E-state index contributed by atoms with van der Waals surface area (Å²) >= 11 is 0. The molecule has 122 valence electrons. The summed E-state index contributed by atoms with van der Waals surface area (Å²) in [5.41, 5.74) is 6.44. The van der Waals surface area contributed by atoms with Crippen LogP contribution in [0.25, 0.3) is 0 Å². The largest absolute Gasteiger partial charge is 0.492 e. The summed E-state index contributed by atoms with van der Waals surface area (Å²) in [7, 11) is 0. The lowest BCUT2D eigenvalue weighted by Crippen LogP contribution is -2.62. The van der Waals surface area contributed by atoms with Gasteiger partial charge < -0.3 is 10.5 Å². The first-order chi connectivity index (χ1) is 10.8. The Morgan fingerprint density at radius 2 is 1.73 bits per heavy atom. The number of nitrogens with two attached hydrogens (primary N) is 1. The summed E-state index contributed by atoms with van der Waals surface area (Å²) in [6.45, 7) is 8.35. The summed E-state index contributed by atoms with van der Waals surface area (Å²) < 4.78 is 5.77. The molecule has 0 aromatic heterocycles. The van der Waals surface area contributed by atoms with Crippen LogP contribution >= 0.6 is 0 Å². The third kappa shape index (κ3) is 4.33. The van der Waals surface area contributed by atoms with Gasteiger partial charge >= 0.3 is 0 Å². The minimum atomic E-state index is 0.363. The Balaban J connectivity index is 1.34. The van der Waals surface area contributed by atoms with E-state index >= 15 is 0 Å². The smallest absolute Gasteiger partial charge is 0.119 e. The van der Waals surface area contributed by atoms with Crippen molar-refractivity contribution >= 4 is 5.69 Å². The van der Waals surface area contributed by atoms with Crippen molar-refractivity contribution in [3.8, 4) is 5.75 Å². The Morgan fingerprint density at radius 3 is 2.41 bits per heavy atom. The van der Waals surface area contributed by atoms with Gasteiger partial charge in [-0.2, -0.15) is 0 Å². The number of nitrogens with one attached hydrogen (secondary N) is 2. The van der Waals surface area contributed by atoms with Crippen molar-refractivity contribution < 1.29 is 4.74 Å². The molecule has 0 atom stereocenters. The lowest BCUT2D eigenvalue weighted by molar-refractivity contribution is 0.0519. The van der Waals surface area contributed by atoms with Gasteiger partial charge in [-0.15, -0.1) is 0 Å². The molecule has 0 amide bonds. The quantitative estimate of drug-likeness (QED) is 0.672. The number of nitrogens with zero attached hydrogens (tertiary/aromatic N) is 2. The first kappa shape index (κ1) is 15.6. The second-order valence-corrected chi connectivity index (χ2v) is 5.96. The van der Waals surface area contributed by atoms with Crippen molar-refractivity contribution in [1.29, 1.82) is 0 Å². The highest BCUT2D eigenvalue weighted by atomic mass is 16.5. The van der Waals surface area contributed by atoms with Crippen molar-refractivity contribution in [2.45, 2.75) is 12.7 Å². The van der Waals surface area contributed by atoms with Crippen molar-refractivity contribution in [3.05, 3.63) is 24.3 Å². The molecule has 0 aliphatic carbocycles. The highest BCUT2D eigenvalue weighted by molar-refractivity contribution is 5.41. The number of hydrogen-bond donors (Lipinski definition) is 3. The predicted octanol–water partition coefficient (Wildman–Crippen LogP) is 0.132. The molecule has 22 heavy (non-hydrogen) atoms. The fourth-order valence-corrected chi connectivity index (χ4v) is 3.00. The summed E-state index contributed by atoms with van der Waals surface area (Å²) in [5, 5.41) is 7.07. The molecule has 3 rings (SSSR count). The normalized spacial score (nSPS) is 21.8. The van der Waals surface area contributed by atoms with Crippen LogP contribution in [0, 0.1) is 0 Å². The Labute approximate surface area is 132 Å². The van der Waals surface area contributed by atoms with Gasteiger partial charge in [0, 0.05) is 38.4 Å². The number of rotatable bonds is 5. The molecular formula is C16H27N5O. The molecule has 1 aromatic rings. The van der Waals surface area contributed by atoms with E-state index in [1.807, 2.05) is 24.3 Å². The van der Waals surface area contributed by atoms with E-state index in [-0.39, 0.29) is 0 Å². The maximum Gasteiger partial charge on any atom is 0.119 e. The van der Waals surface area contributed by atoms with E-state index in [0.717, 1.165) is 63.9 Å². The fourth-order valence-electron chi connectivity index (χ4n) is 3.00. The van der Waals surface area contributed by atoms with E-state index in [0.29, 0.717) is 6.29 Å². The molecule has 2 heterocycles. The van der Waals surface area contributed by atoms with Gasteiger partial charge in [-0.25, -0.2) is 0 Å². The molecule has 1 aromatic carbocycles. The van der Waals surface area contributed by atoms with Gasteiger partial charge in [0.1, 0.15) is 18.6 Å². The number of piperazine rings is 1. The molecule has 4 N–H and O–H groups in total. The summed E-state index contributed by atoms with van der Waals surface area (Å²) in [4.78, 5) is 4.97. The molecule has 0 unspecified atom stereocenters. The fraction of sp³-hybridized carbons (Fsp3) is 0.625. The van der Waals surface area contributed by atoms with Gasteiger partial charge in [-0.05, 0) is 43.8 Å². The maximum atomic E-state index is 5.77. The molecule has 2 saturated heterocycles. The summed E-state index contributed by atoms with van der Waals surface area (Å²) in [6.07, 6.45) is 1.58. The predicted molar refractivity (Wildman–Crippen MR) is 88.8 cm³/mol. The standard InChI is InChI=1S/C16H27N5O/c17-14-2-4-15(5-3-14)22-13-12-20-8-10-21(11-9-20)16-18-6-1-7-19-16/h2-5,16,18-19H,1,6-13,17H2. The zero-order valence-electron chi connectivity index (χ0n) is 13.1. The molecule has 6 nitrogen and oxygen atoms in total. The first-order valence-electron chi connectivity index (χ1n) is 8.23. The van der Waals surface area contributed by atoms with E-state index in [4.69, 9.17) is 10.5 Å². The zero-order chi connectivity index (χ0) is 15.2. The Hall–Kier alpha value is -1.34. The molecule has 0 saturated carbocycles.